The molecule has 0 atom stereocenters. The van der Waals surface area contributed by atoms with Gasteiger partial charge in [0.25, 0.3) is 5.89 Å². The lowest BCUT2D eigenvalue weighted by molar-refractivity contribution is 0.321. The Bertz CT molecular complexity index is 912. The number of guanidine groups is 1. The van der Waals surface area contributed by atoms with Gasteiger partial charge in [-0.1, -0.05) is 11.2 Å². The molecule has 9 heteroatoms. The largest absolute Gasteiger partial charge is 0.497 e. The maximum absolute atomic E-state index is 5.71. The molecule has 2 heterocycles. The van der Waals surface area contributed by atoms with E-state index in [-0.39, 0.29) is 0 Å². The summed E-state index contributed by atoms with van der Waals surface area (Å²) in [6.45, 7) is 4.43. The minimum atomic E-state index is 0.412. The van der Waals surface area contributed by atoms with Crippen LogP contribution in [0.1, 0.15) is 12.7 Å². The van der Waals surface area contributed by atoms with E-state index in [1.54, 1.807) is 13.3 Å². The summed E-state index contributed by atoms with van der Waals surface area (Å²) in [7, 11) is 1.64. The smallest absolute Gasteiger partial charge is 0.276 e. The molecule has 0 unspecified atom stereocenters. The van der Waals surface area contributed by atoms with Gasteiger partial charge in [-0.3, -0.25) is 9.98 Å². The van der Waals surface area contributed by atoms with Gasteiger partial charge in [-0.2, -0.15) is 4.98 Å². The third-order valence-corrected chi connectivity index (χ3v) is 4.02. The lowest BCUT2D eigenvalue weighted by Crippen LogP contribution is -2.39. The van der Waals surface area contributed by atoms with Gasteiger partial charge in [0.1, 0.15) is 23.8 Å². The van der Waals surface area contributed by atoms with Crippen LogP contribution in [0.3, 0.4) is 0 Å². The van der Waals surface area contributed by atoms with Crippen LogP contribution >= 0.6 is 0 Å². The molecule has 3 aromatic rings. The maximum atomic E-state index is 5.71. The minimum absolute atomic E-state index is 0.412. The molecule has 0 saturated carbocycles. The quantitative estimate of drug-likeness (QED) is 0.298. The third-order valence-electron chi connectivity index (χ3n) is 4.02. The van der Waals surface area contributed by atoms with E-state index >= 15 is 0 Å². The van der Waals surface area contributed by atoms with Gasteiger partial charge in [0.05, 0.1) is 13.7 Å². The van der Waals surface area contributed by atoms with Crippen molar-refractivity contribution < 1.29 is 14.0 Å². The highest BCUT2D eigenvalue weighted by atomic mass is 16.5. The fourth-order valence-electron chi connectivity index (χ4n) is 2.57. The van der Waals surface area contributed by atoms with Crippen LogP contribution in [-0.2, 0) is 6.42 Å². The van der Waals surface area contributed by atoms with E-state index in [0.29, 0.717) is 49.5 Å². The summed E-state index contributed by atoms with van der Waals surface area (Å²) in [6, 6.07) is 13.0. The summed E-state index contributed by atoms with van der Waals surface area (Å²) in [5.41, 5.74) is 0.659. The van der Waals surface area contributed by atoms with Gasteiger partial charge in [0.15, 0.2) is 11.8 Å². The number of aromatic nitrogens is 3. The molecule has 0 saturated heterocycles. The zero-order chi connectivity index (χ0) is 21.0. The summed E-state index contributed by atoms with van der Waals surface area (Å²) in [5.74, 6) is 3.31. The zero-order valence-electron chi connectivity index (χ0n) is 17.2. The number of ether oxygens (including phenoxy) is 2. The first-order valence-electron chi connectivity index (χ1n) is 9.81. The van der Waals surface area contributed by atoms with Crippen molar-refractivity contribution in [3.05, 3.63) is 54.5 Å². The molecule has 3 rings (SSSR count). The number of methoxy groups -OCH3 is 1. The Labute approximate surface area is 175 Å². The number of rotatable bonds is 10. The fourth-order valence-corrected chi connectivity index (χ4v) is 2.57. The molecular weight excluding hydrogens is 384 g/mol. The van der Waals surface area contributed by atoms with Crippen LogP contribution in [0.4, 0.5) is 0 Å². The number of hydrogen-bond donors (Lipinski definition) is 2. The van der Waals surface area contributed by atoms with E-state index in [1.165, 1.54) is 0 Å². The highest BCUT2D eigenvalue weighted by Gasteiger charge is 2.09. The SMILES string of the molecule is CCNC(=NCCc1noc(-c2ccccn2)n1)NCCOc1ccc(OC)cc1. The number of hydrogen-bond acceptors (Lipinski definition) is 7. The highest BCUT2D eigenvalue weighted by Crippen LogP contribution is 2.16. The van der Waals surface area contributed by atoms with Gasteiger partial charge in [-0.25, -0.2) is 0 Å². The second kappa shape index (κ2) is 11.4. The predicted molar refractivity (Wildman–Crippen MR) is 114 cm³/mol. The van der Waals surface area contributed by atoms with Crippen LogP contribution in [0.15, 0.2) is 58.2 Å². The van der Waals surface area contributed by atoms with E-state index in [1.807, 2.05) is 49.4 Å². The first-order valence-corrected chi connectivity index (χ1v) is 9.81. The number of nitrogens with one attached hydrogen (secondary N) is 2. The van der Waals surface area contributed by atoms with Crippen LogP contribution in [0.25, 0.3) is 11.6 Å². The molecule has 0 aliphatic heterocycles. The molecule has 9 nitrogen and oxygen atoms in total. The Morgan fingerprint density at radius 3 is 2.67 bits per heavy atom. The standard InChI is InChI=1S/C21H26N6O3/c1-3-22-21(25-14-15-29-17-9-7-16(28-2)8-10-17)24-13-11-19-26-20(30-27-19)18-6-4-5-12-23-18/h4-10,12H,3,11,13-15H2,1-2H3,(H2,22,24,25). The number of benzene rings is 1. The molecule has 0 spiro atoms. The van der Waals surface area contributed by atoms with Crippen molar-refractivity contribution in [2.24, 2.45) is 4.99 Å². The summed E-state index contributed by atoms with van der Waals surface area (Å²) in [5, 5.41) is 10.4. The first-order chi connectivity index (χ1) is 14.8. The molecule has 0 fully saturated rings. The van der Waals surface area contributed by atoms with E-state index in [0.717, 1.165) is 18.0 Å². The number of aliphatic imine (C=N–C) groups is 1. The van der Waals surface area contributed by atoms with Crippen LogP contribution in [0, 0.1) is 0 Å². The Balaban J connectivity index is 1.43. The number of nitrogens with zero attached hydrogens (tertiary/aromatic N) is 4. The summed E-state index contributed by atoms with van der Waals surface area (Å²) in [4.78, 5) is 13.1. The molecule has 158 valence electrons. The second-order valence-electron chi connectivity index (χ2n) is 6.19. The molecular formula is C21H26N6O3. The van der Waals surface area contributed by atoms with E-state index in [2.05, 4.69) is 30.8 Å². The van der Waals surface area contributed by atoms with Crippen LogP contribution in [0.2, 0.25) is 0 Å². The maximum Gasteiger partial charge on any atom is 0.276 e. The third kappa shape index (κ3) is 6.47. The Kier molecular flexibility index (Phi) is 8.02. The monoisotopic (exact) mass is 410 g/mol. The lowest BCUT2D eigenvalue weighted by atomic mass is 10.3. The number of pyridine rings is 1. The molecule has 2 N–H and O–H groups in total. The van der Waals surface area contributed by atoms with Gasteiger partial charge in [0.2, 0.25) is 0 Å². The highest BCUT2D eigenvalue weighted by molar-refractivity contribution is 5.79. The average molecular weight is 410 g/mol. The Morgan fingerprint density at radius 2 is 1.93 bits per heavy atom. The fraction of sp³-hybridized carbons (Fsp3) is 0.333. The van der Waals surface area contributed by atoms with E-state index < -0.39 is 0 Å². The van der Waals surface area contributed by atoms with Gasteiger partial charge >= 0.3 is 0 Å². The van der Waals surface area contributed by atoms with Gasteiger partial charge < -0.3 is 24.6 Å². The first kappa shape index (κ1) is 21.1. The van der Waals surface area contributed by atoms with Crippen molar-refractivity contribution in [1.82, 2.24) is 25.8 Å². The molecule has 0 amide bonds. The van der Waals surface area contributed by atoms with Crippen LogP contribution in [-0.4, -0.2) is 54.4 Å². The van der Waals surface area contributed by atoms with Crippen LogP contribution < -0.4 is 20.1 Å². The van der Waals surface area contributed by atoms with Crippen molar-refractivity contribution in [1.29, 1.82) is 0 Å². The molecule has 0 aliphatic rings. The normalized spacial score (nSPS) is 11.2. The molecule has 0 bridgehead atoms. The second-order valence-corrected chi connectivity index (χ2v) is 6.19. The van der Waals surface area contributed by atoms with Gasteiger partial charge in [-0.15, -0.1) is 0 Å². The molecule has 2 aromatic heterocycles. The van der Waals surface area contributed by atoms with Crippen molar-refractivity contribution in [2.75, 3.05) is 33.4 Å². The molecule has 0 aliphatic carbocycles. The van der Waals surface area contributed by atoms with Gasteiger partial charge in [-0.05, 0) is 43.3 Å². The molecule has 30 heavy (non-hydrogen) atoms. The Hall–Kier alpha value is -3.62. The topological polar surface area (TPSA) is 107 Å². The Morgan fingerprint density at radius 1 is 1.10 bits per heavy atom. The molecule has 0 radical (unpaired) electrons. The van der Waals surface area contributed by atoms with Crippen molar-refractivity contribution in [3.8, 4) is 23.1 Å². The summed E-state index contributed by atoms with van der Waals surface area (Å²) >= 11 is 0. The van der Waals surface area contributed by atoms with E-state index in [4.69, 9.17) is 14.0 Å². The predicted octanol–water partition coefficient (Wildman–Crippen LogP) is 2.32. The zero-order valence-corrected chi connectivity index (χ0v) is 17.2. The van der Waals surface area contributed by atoms with Crippen LogP contribution in [0.5, 0.6) is 11.5 Å². The average Bonchev–Trinajstić information content (AvgIpc) is 3.26. The van der Waals surface area contributed by atoms with Crippen molar-refractivity contribution >= 4 is 5.96 Å². The van der Waals surface area contributed by atoms with E-state index in [9.17, 15) is 0 Å². The van der Waals surface area contributed by atoms with Crippen molar-refractivity contribution in [2.45, 2.75) is 13.3 Å². The van der Waals surface area contributed by atoms with Gasteiger partial charge in [0, 0.05) is 25.7 Å². The lowest BCUT2D eigenvalue weighted by Gasteiger charge is -2.12. The van der Waals surface area contributed by atoms with Crippen molar-refractivity contribution in [3.63, 3.8) is 0 Å². The summed E-state index contributed by atoms with van der Waals surface area (Å²) < 4.78 is 16.1. The molecule has 1 aromatic carbocycles. The minimum Gasteiger partial charge on any atom is -0.497 e. The summed E-state index contributed by atoms with van der Waals surface area (Å²) in [6.07, 6.45) is 2.26.